The number of aliphatic hydroxyl groups excluding tert-OH is 1. The number of carbonyl (C=O) groups is 2. The molecule has 5 nitrogen and oxygen atoms in total. The van der Waals surface area contributed by atoms with Crippen LogP contribution in [0.2, 0.25) is 5.02 Å². The number of carboxylic acid groups (broad SMARTS) is 1. The Bertz CT molecular complexity index is 495. The summed E-state index contributed by atoms with van der Waals surface area (Å²) in [5.41, 5.74) is -0.354. The second kappa shape index (κ2) is 5.74. The Kier molecular flexibility index (Phi) is 4.57. The fourth-order valence-corrected chi connectivity index (χ4v) is 1.30. The highest BCUT2D eigenvalue weighted by atomic mass is 35.5. The Morgan fingerprint density at radius 3 is 2.44 bits per heavy atom. The van der Waals surface area contributed by atoms with E-state index in [0.717, 1.165) is 0 Å². The first-order chi connectivity index (χ1) is 8.32. The molecule has 0 bridgehead atoms. The van der Waals surface area contributed by atoms with Crippen molar-refractivity contribution in [3.8, 4) is 0 Å². The molecule has 1 aromatic rings. The van der Waals surface area contributed by atoms with Crippen LogP contribution in [-0.2, 0) is 4.79 Å². The van der Waals surface area contributed by atoms with Crippen molar-refractivity contribution in [2.24, 2.45) is 0 Å². The van der Waals surface area contributed by atoms with Crippen molar-refractivity contribution in [3.63, 3.8) is 0 Å². The molecule has 3 N–H and O–H groups in total. The third-order valence-corrected chi connectivity index (χ3v) is 2.31. The first-order valence-electron chi connectivity index (χ1n) is 4.66. The van der Waals surface area contributed by atoms with Gasteiger partial charge >= 0.3 is 5.97 Å². The molecule has 0 heterocycles. The van der Waals surface area contributed by atoms with Gasteiger partial charge in [-0.2, -0.15) is 0 Å². The zero-order valence-electron chi connectivity index (χ0n) is 8.78. The first-order valence-corrected chi connectivity index (χ1v) is 5.04. The van der Waals surface area contributed by atoms with E-state index in [1.54, 1.807) is 0 Å². The van der Waals surface area contributed by atoms with Crippen LogP contribution < -0.4 is 5.32 Å². The molecule has 1 aromatic carbocycles. The number of aliphatic hydroxyl groups is 1. The Hall–Kier alpha value is -1.73. The van der Waals surface area contributed by atoms with Crippen LogP contribution in [0.3, 0.4) is 0 Å². The van der Waals surface area contributed by atoms with E-state index in [2.05, 4.69) is 0 Å². The van der Waals surface area contributed by atoms with Gasteiger partial charge in [0.1, 0.15) is 0 Å². The maximum Gasteiger partial charge on any atom is 0.334 e. The molecule has 18 heavy (non-hydrogen) atoms. The summed E-state index contributed by atoms with van der Waals surface area (Å²) in [5.74, 6) is -4.91. The van der Waals surface area contributed by atoms with Crippen molar-refractivity contribution in [3.05, 3.63) is 34.4 Å². The van der Waals surface area contributed by atoms with Crippen molar-refractivity contribution < 1.29 is 28.6 Å². The van der Waals surface area contributed by atoms with Gasteiger partial charge in [0.05, 0.1) is 17.1 Å². The van der Waals surface area contributed by atoms with Gasteiger partial charge in [0.2, 0.25) is 0 Å². The normalized spacial score (nSPS) is 12.0. The van der Waals surface area contributed by atoms with Crippen LogP contribution >= 0.6 is 11.6 Å². The topological polar surface area (TPSA) is 86.6 Å². The molecule has 0 fully saturated rings. The molecule has 98 valence electrons. The van der Waals surface area contributed by atoms with E-state index in [4.69, 9.17) is 21.8 Å². The molecule has 0 aliphatic heterocycles. The first kappa shape index (κ1) is 14.3. The molecule has 0 aliphatic rings. The maximum absolute atomic E-state index is 12.9. The summed E-state index contributed by atoms with van der Waals surface area (Å²) in [5, 5.41) is 19.0. The fraction of sp³-hybridized carbons (Fsp3) is 0.200. The average molecular weight is 280 g/mol. The number of hydrogen-bond acceptors (Lipinski definition) is 3. The van der Waals surface area contributed by atoms with Gasteiger partial charge in [-0.25, -0.2) is 13.6 Å². The highest BCUT2D eigenvalue weighted by Crippen LogP contribution is 2.19. The molecule has 0 spiro atoms. The monoisotopic (exact) mass is 279 g/mol. The Morgan fingerprint density at radius 1 is 1.33 bits per heavy atom. The van der Waals surface area contributed by atoms with Gasteiger partial charge in [0.15, 0.2) is 17.7 Å². The number of carbonyl (C=O) groups excluding carboxylic acids is 1. The van der Waals surface area contributed by atoms with E-state index in [9.17, 15) is 18.4 Å². The molecule has 0 aliphatic carbocycles. The summed E-state index contributed by atoms with van der Waals surface area (Å²) >= 11 is 5.53. The number of aliphatic carboxylic acids is 1. The van der Waals surface area contributed by atoms with Gasteiger partial charge in [-0.1, -0.05) is 11.6 Å². The second-order valence-corrected chi connectivity index (χ2v) is 3.72. The van der Waals surface area contributed by atoms with Crippen molar-refractivity contribution in [1.29, 1.82) is 0 Å². The molecule has 1 atom stereocenters. The van der Waals surface area contributed by atoms with Crippen LogP contribution in [0.25, 0.3) is 0 Å². The molecule has 0 saturated carbocycles. The molecular formula is C10H8ClF2NO4. The standard InChI is InChI=1S/C10H8ClF2NO4/c11-5-2-7(13)6(12)1-4(5)9(16)14-3-8(15)10(17)18/h1-2,8,15H,3H2,(H,14,16)(H,17,18). The number of benzene rings is 1. The van der Waals surface area contributed by atoms with Gasteiger partial charge in [-0.15, -0.1) is 0 Å². The van der Waals surface area contributed by atoms with Crippen LogP contribution in [0, 0.1) is 11.6 Å². The lowest BCUT2D eigenvalue weighted by atomic mass is 10.2. The molecule has 0 saturated heterocycles. The lowest BCUT2D eigenvalue weighted by molar-refractivity contribution is -0.146. The SMILES string of the molecule is O=C(NCC(O)C(=O)O)c1cc(F)c(F)cc1Cl. The third kappa shape index (κ3) is 3.38. The summed E-state index contributed by atoms with van der Waals surface area (Å²) in [6.45, 7) is -0.580. The number of carboxylic acids is 1. The molecule has 0 radical (unpaired) electrons. The minimum atomic E-state index is -1.79. The van der Waals surface area contributed by atoms with E-state index in [1.165, 1.54) is 0 Å². The quantitative estimate of drug-likeness (QED) is 0.711. The van der Waals surface area contributed by atoms with E-state index in [0.29, 0.717) is 12.1 Å². The number of halogens is 3. The number of nitrogens with one attached hydrogen (secondary N) is 1. The number of rotatable bonds is 4. The summed E-state index contributed by atoms with van der Waals surface area (Å²) in [6.07, 6.45) is -1.79. The van der Waals surface area contributed by atoms with Crippen molar-refractivity contribution >= 4 is 23.5 Å². The lowest BCUT2D eigenvalue weighted by Crippen LogP contribution is -2.36. The molecule has 1 unspecified atom stereocenters. The summed E-state index contributed by atoms with van der Waals surface area (Å²) in [4.78, 5) is 21.7. The zero-order chi connectivity index (χ0) is 13.9. The van der Waals surface area contributed by atoms with Crippen molar-refractivity contribution in [2.45, 2.75) is 6.10 Å². The van der Waals surface area contributed by atoms with Gasteiger partial charge < -0.3 is 15.5 Å². The lowest BCUT2D eigenvalue weighted by Gasteiger charge is -2.09. The summed E-state index contributed by atoms with van der Waals surface area (Å²) in [7, 11) is 0. The largest absolute Gasteiger partial charge is 0.479 e. The van der Waals surface area contributed by atoms with Crippen molar-refractivity contribution in [2.75, 3.05) is 6.54 Å². The highest BCUT2D eigenvalue weighted by molar-refractivity contribution is 6.33. The van der Waals surface area contributed by atoms with Crippen LogP contribution in [-0.4, -0.2) is 34.7 Å². The Balaban J connectivity index is 2.79. The predicted octanol–water partition coefficient (Wildman–Crippen LogP) is 0.794. The maximum atomic E-state index is 12.9. The molecule has 0 aromatic heterocycles. The van der Waals surface area contributed by atoms with E-state index in [1.807, 2.05) is 5.32 Å². The summed E-state index contributed by atoms with van der Waals surface area (Å²) < 4.78 is 25.6. The predicted molar refractivity (Wildman–Crippen MR) is 57.3 cm³/mol. The van der Waals surface area contributed by atoms with Crippen molar-refractivity contribution in [1.82, 2.24) is 5.32 Å². The zero-order valence-corrected chi connectivity index (χ0v) is 9.54. The second-order valence-electron chi connectivity index (χ2n) is 3.31. The van der Waals surface area contributed by atoms with Crippen LogP contribution in [0.15, 0.2) is 12.1 Å². The third-order valence-electron chi connectivity index (χ3n) is 2.00. The van der Waals surface area contributed by atoms with E-state index in [-0.39, 0.29) is 10.6 Å². The van der Waals surface area contributed by atoms with E-state index < -0.39 is 36.2 Å². The molecular weight excluding hydrogens is 272 g/mol. The van der Waals surface area contributed by atoms with Gasteiger partial charge in [0.25, 0.3) is 5.91 Å². The molecule has 1 rings (SSSR count). The summed E-state index contributed by atoms with van der Waals surface area (Å²) in [6, 6.07) is 1.21. The smallest absolute Gasteiger partial charge is 0.334 e. The van der Waals surface area contributed by atoms with Crippen LogP contribution in [0.5, 0.6) is 0 Å². The number of hydrogen-bond donors (Lipinski definition) is 3. The van der Waals surface area contributed by atoms with Gasteiger partial charge in [-0.05, 0) is 12.1 Å². The van der Waals surface area contributed by atoms with E-state index >= 15 is 0 Å². The van der Waals surface area contributed by atoms with Crippen LogP contribution in [0.4, 0.5) is 8.78 Å². The fourth-order valence-electron chi connectivity index (χ4n) is 1.07. The van der Waals surface area contributed by atoms with Gasteiger partial charge in [-0.3, -0.25) is 4.79 Å². The minimum absolute atomic E-state index is 0.323. The number of amides is 1. The molecule has 8 heteroatoms. The Morgan fingerprint density at radius 2 is 1.89 bits per heavy atom. The minimum Gasteiger partial charge on any atom is -0.479 e. The van der Waals surface area contributed by atoms with Crippen LogP contribution in [0.1, 0.15) is 10.4 Å². The highest BCUT2D eigenvalue weighted by Gasteiger charge is 2.18. The van der Waals surface area contributed by atoms with Gasteiger partial charge in [0, 0.05) is 0 Å². The molecule has 1 amide bonds. The average Bonchev–Trinajstić information content (AvgIpc) is 2.30. The Labute approximate surface area is 105 Å².